The first-order valence-electron chi connectivity index (χ1n) is 6.13. The Morgan fingerprint density at radius 3 is 2.59 bits per heavy atom. The molecule has 0 radical (unpaired) electrons. The van der Waals surface area contributed by atoms with Gasteiger partial charge in [-0.15, -0.1) is 5.10 Å². The molecular formula is C12H17BrN4. The SMILES string of the molecule is N#Cc1ncn(CC2(CBr)CCCCCC2)n1. The Labute approximate surface area is 110 Å². The molecule has 0 aliphatic heterocycles. The third-order valence-electron chi connectivity index (χ3n) is 3.58. The lowest BCUT2D eigenvalue weighted by molar-refractivity contribution is 0.231. The van der Waals surface area contributed by atoms with Crippen LogP contribution in [0.15, 0.2) is 6.33 Å². The summed E-state index contributed by atoms with van der Waals surface area (Å²) >= 11 is 3.66. The predicted octanol–water partition coefficient (Wildman–Crippen LogP) is 2.89. The zero-order valence-electron chi connectivity index (χ0n) is 9.90. The second kappa shape index (κ2) is 5.63. The van der Waals surface area contributed by atoms with Crippen molar-refractivity contribution < 1.29 is 0 Å². The Balaban J connectivity index is 2.10. The molecule has 17 heavy (non-hydrogen) atoms. The van der Waals surface area contributed by atoms with Crippen molar-refractivity contribution in [3.8, 4) is 6.07 Å². The van der Waals surface area contributed by atoms with E-state index in [1.54, 1.807) is 6.33 Å². The van der Waals surface area contributed by atoms with Gasteiger partial charge in [-0.05, 0) is 18.3 Å². The van der Waals surface area contributed by atoms with Gasteiger partial charge in [0.25, 0.3) is 5.82 Å². The number of hydrogen-bond donors (Lipinski definition) is 0. The molecule has 2 rings (SSSR count). The van der Waals surface area contributed by atoms with Gasteiger partial charge >= 0.3 is 0 Å². The maximum Gasteiger partial charge on any atom is 0.252 e. The normalized spacial score (nSPS) is 19.5. The highest BCUT2D eigenvalue weighted by Crippen LogP contribution is 2.37. The molecule has 0 unspecified atom stereocenters. The van der Waals surface area contributed by atoms with Crippen molar-refractivity contribution in [1.82, 2.24) is 14.8 Å². The molecule has 1 aliphatic carbocycles. The van der Waals surface area contributed by atoms with Gasteiger partial charge in [-0.2, -0.15) is 5.26 Å². The average Bonchev–Trinajstić information content (AvgIpc) is 2.67. The fraction of sp³-hybridized carbons (Fsp3) is 0.750. The van der Waals surface area contributed by atoms with Crippen molar-refractivity contribution in [2.75, 3.05) is 5.33 Å². The first kappa shape index (κ1) is 12.6. The quantitative estimate of drug-likeness (QED) is 0.636. The highest BCUT2D eigenvalue weighted by molar-refractivity contribution is 9.09. The second-order valence-electron chi connectivity index (χ2n) is 4.93. The molecule has 5 heteroatoms. The molecule has 1 aromatic rings. The van der Waals surface area contributed by atoms with E-state index in [1.807, 2.05) is 10.8 Å². The van der Waals surface area contributed by atoms with Gasteiger partial charge in [-0.25, -0.2) is 4.98 Å². The molecule has 1 aliphatic rings. The van der Waals surface area contributed by atoms with Crippen molar-refractivity contribution in [2.45, 2.75) is 45.1 Å². The Hall–Kier alpha value is -0.890. The van der Waals surface area contributed by atoms with Crippen LogP contribution in [-0.4, -0.2) is 20.1 Å². The molecule has 0 N–H and O–H groups in total. The van der Waals surface area contributed by atoms with E-state index in [1.165, 1.54) is 38.5 Å². The molecule has 0 saturated heterocycles. The van der Waals surface area contributed by atoms with E-state index >= 15 is 0 Å². The van der Waals surface area contributed by atoms with E-state index in [4.69, 9.17) is 5.26 Å². The molecule has 1 saturated carbocycles. The van der Waals surface area contributed by atoms with Crippen LogP contribution < -0.4 is 0 Å². The molecule has 1 aromatic heterocycles. The Bertz CT molecular complexity index is 399. The van der Waals surface area contributed by atoms with Crippen molar-refractivity contribution in [3.63, 3.8) is 0 Å². The molecule has 4 nitrogen and oxygen atoms in total. The zero-order chi connectivity index (χ0) is 12.1. The number of aromatic nitrogens is 3. The summed E-state index contributed by atoms with van der Waals surface area (Å²) in [6.45, 7) is 0.868. The summed E-state index contributed by atoms with van der Waals surface area (Å²) in [5, 5.41) is 13.9. The summed E-state index contributed by atoms with van der Waals surface area (Å²) in [4.78, 5) is 3.96. The van der Waals surface area contributed by atoms with Crippen LogP contribution in [0.4, 0.5) is 0 Å². The van der Waals surface area contributed by atoms with Gasteiger partial charge < -0.3 is 0 Å². The van der Waals surface area contributed by atoms with Crippen molar-refractivity contribution in [2.24, 2.45) is 5.41 Å². The lowest BCUT2D eigenvalue weighted by atomic mass is 9.82. The van der Waals surface area contributed by atoms with Gasteiger partial charge in [-0.1, -0.05) is 41.6 Å². The summed E-state index contributed by atoms with van der Waals surface area (Å²) in [6, 6.07) is 1.97. The molecule has 0 bridgehead atoms. The lowest BCUT2D eigenvalue weighted by Crippen LogP contribution is -2.28. The average molecular weight is 297 g/mol. The predicted molar refractivity (Wildman–Crippen MR) is 68.7 cm³/mol. The van der Waals surface area contributed by atoms with Crippen LogP contribution >= 0.6 is 15.9 Å². The first-order chi connectivity index (χ1) is 8.28. The summed E-state index contributed by atoms with van der Waals surface area (Å²) < 4.78 is 1.82. The zero-order valence-corrected chi connectivity index (χ0v) is 11.5. The van der Waals surface area contributed by atoms with E-state index in [9.17, 15) is 0 Å². The number of rotatable bonds is 3. The van der Waals surface area contributed by atoms with Crippen molar-refractivity contribution in [1.29, 1.82) is 5.26 Å². The Morgan fingerprint density at radius 1 is 1.35 bits per heavy atom. The van der Waals surface area contributed by atoms with E-state index in [0.29, 0.717) is 0 Å². The van der Waals surface area contributed by atoms with Crippen LogP contribution in [0, 0.1) is 16.7 Å². The topological polar surface area (TPSA) is 54.5 Å². The van der Waals surface area contributed by atoms with Crippen molar-refractivity contribution in [3.05, 3.63) is 12.2 Å². The van der Waals surface area contributed by atoms with E-state index in [2.05, 4.69) is 26.0 Å². The number of halogens is 1. The minimum absolute atomic E-state index is 0.267. The molecule has 0 amide bonds. The number of alkyl halides is 1. The van der Waals surface area contributed by atoms with E-state index in [-0.39, 0.29) is 11.2 Å². The highest BCUT2D eigenvalue weighted by atomic mass is 79.9. The van der Waals surface area contributed by atoms with Gasteiger partial charge in [0, 0.05) is 11.9 Å². The molecular weight excluding hydrogens is 280 g/mol. The summed E-state index contributed by atoms with van der Waals surface area (Å²) in [5.41, 5.74) is 0.289. The van der Waals surface area contributed by atoms with Crippen LogP contribution in [0.1, 0.15) is 44.3 Å². The van der Waals surface area contributed by atoms with Gasteiger partial charge in [0.2, 0.25) is 0 Å². The van der Waals surface area contributed by atoms with Crippen LogP contribution in [0.25, 0.3) is 0 Å². The third-order valence-corrected chi connectivity index (χ3v) is 4.77. The summed E-state index contributed by atoms with van der Waals surface area (Å²) in [7, 11) is 0. The van der Waals surface area contributed by atoms with Crippen LogP contribution in [0.3, 0.4) is 0 Å². The van der Waals surface area contributed by atoms with Gasteiger partial charge in [0.15, 0.2) is 0 Å². The smallest absolute Gasteiger partial charge is 0.251 e. The largest absolute Gasteiger partial charge is 0.252 e. The first-order valence-corrected chi connectivity index (χ1v) is 7.26. The van der Waals surface area contributed by atoms with E-state index in [0.717, 1.165) is 11.9 Å². The standard InChI is InChI=1S/C12H17BrN4/c13-8-12(5-3-1-2-4-6-12)9-17-10-15-11(7-14)16-17/h10H,1-6,8-9H2. The Kier molecular flexibility index (Phi) is 4.16. The number of nitrogens with zero attached hydrogens (tertiary/aromatic N) is 4. The maximum atomic E-state index is 8.73. The molecule has 1 fully saturated rings. The summed E-state index contributed by atoms with van der Waals surface area (Å²) in [6.07, 6.45) is 9.43. The summed E-state index contributed by atoms with van der Waals surface area (Å²) in [5.74, 6) is 0.267. The molecule has 0 aromatic carbocycles. The third kappa shape index (κ3) is 3.06. The van der Waals surface area contributed by atoms with Gasteiger partial charge in [0.05, 0.1) is 0 Å². The van der Waals surface area contributed by atoms with Crippen LogP contribution in [-0.2, 0) is 6.54 Å². The highest BCUT2D eigenvalue weighted by Gasteiger charge is 2.30. The van der Waals surface area contributed by atoms with Crippen molar-refractivity contribution >= 4 is 15.9 Å². The number of hydrogen-bond acceptors (Lipinski definition) is 3. The molecule has 0 atom stereocenters. The minimum atomic E-state index is 0.267. The molecule has 0 spiro atoms. The molecule has 1 heterocycles. The van der Waals surface area contributed by atoms with Gasteiger partial charge in [0.1, 0.15) is 12.4 Å². The van der Waals surface area contributed by atoms with Crippen LogP contribution in [0.2, 0.25) is 0 Å². The fourth-order valence-electron chi connectivity index (χ4n) is 2.58. The van der Waals surface area contributed by atoms with E-state index < -0.39 is 0 Å². The minimum Gasteiger partial charge on any atom is -0.251 e. The molecule has 92 valence electrons. The Morgan fingerprint density at radius 2 is 2.06 bits per heavy atom. The maximum absolute atomic E-state index is 8.73. The number of nitriles is 1. The van der Waals surface area contributed by atoms with Gasteiger partial charge in [-0.3, -0.25) is 4.68 Å². The fourth-order valence-corrected chi connectivity index (χ4v) is 3.32. The second-order valence-corrected chi connectivity index (χ2v) is 5.49. The van der Waals surface area contributed by atoms with Crippen LogP contribution in [0.5, 0.6) is 0 Å². The lowest BCUT2D eigenvalue weighted by Gasteiger charge is -2.30. The monoisotopic (exact) mass is 296 g/mol.